The number of carbonyl (C=O) groups is 3. The molecule has 0 fully saturated rings. The monoisotopic (exact) mass is 560 g/mol. The summed E-state index contributed by atoms with van der Waals surface area (Å²) >= 11 is 13.4. The van der Waals surface area contributed by atoms with Crippen LogP contribution in [0.3, 0.4) is 0 Å². The molecule has 2 N–H and O–H groups in total. The Morgan fingerprint density at radius 1 is 1.00 bits per heavy atom. The molecular formula is C27H26Cl2N2O5S. The number of rotatable bonds is 8. The number of nitrogens with one attached hydrogen (secondary N) is 2. The van der Waals surface area contributed by atoms with E-state index in [2.05, 4.69) is 10.6 Å². The van der Waals surface area contributed by atoms with Gasteiger partial charge in [-0.1, -0.05) is 23.2 Å². The minimum atomic E-state index is -0.818. The van der Waals surface area contributed by atoms with Gasteiger partial charge in [-0.2, -0.15) is 0 Å². The lowest BCUT2D eigenvalue weighted by Gasteiger charge is -2.15. The van der Waals surface area contributed by atoms with Crippen molar-refractivity contribution in [3.05, 3.63) is 74.1 Å². The number of ether oxygens (including phenoxy) is 2. The van der Waals surface area contributed by atoms with Gasteiger partial charge in [0.2, 0.25) is 0 Å². The van der Waals surface area contributed by atoms with Crippen LogP contribution in [-0.4, -0.2) is 30.5 Å². The summed E-state index contributed by atoms with van der Waals surface area (Å²) in [5.74, 6) is -0.719. The third-order valence-electron chi connectivity index (χ3n) is 5.81. The number of aryl methyl sites for hydroxylation is 1. The van der Waals surface area contributed by atoms with Crippen molar-refractivity contribution in [3.8, 4) is 5.75 Å². The third kappa shape index (κ3) is 6.63. The number of fused-ring (bicyclic) bond motifs is 1. The van der Waals surface area contributed by atoms with E-state index in [-0.39, 0.29) is 18.4 Å². The molecule has 2 aromatic carbocycles. The molecule has 2 amide bonds. The lowest BCUT2D eigenvalue weighted by Crippen LogP contribution is -2.30. The standard InChI is InChI=1S/C27H26Cl2N2O5S/c1-3-35-27(34)23-21-6-4-5-7-22(21)37-26(23)31-25(33)16-8-10-20(11-9-16)36-15(2)24(32)30-19-13-17(28)12-18(29)14-19/h8-15H,3-7H2,1-2H3,(H,30,32)(H,31,33). The van der Waals surface area contributed by atoms with Crippen LogP contribution in [0.1, 0.15) is 57.8 Å². The first-order valence-electron chi connectivity index (χ1n) is 11.9. The van der Waals surface area contributed by atoms with Gasteiger partial charge >= 0.3 is 5.97 Å². The molecule has 37 heavy (non-hydrogen) atoms. The fourth-order valence-electron chi connectivity index (χ4n) is 4.06. The van der Waals surface area contributed by atoms with Crippen LogP contribution in [0.2, 0.25) is 10.0 Å². The molecule has 7 nitrogen and oxygen atoms in total. The maximum absolute atomic E-state index is 13.0. The largest absolute Gasteiger partial charge is 0.481 e. The van der Waals surface area contributed by atoms with Crippen LogP contribution in [0.25, 0.3) is 0 Å². The lowest BCUT2D eigenvalue weighted by atomic mass is 9.95. The Morgan fingerprint density at radius 3 is 2.35 bits per heavy atom. The summed E-state index contributed by atoms with van der Waals surface area (Å²) in [4.78, 5) is 39.3. The van der Waals surface area contributed by atoms with Gasteiger partial charge in [-0.3, -0.25) is 9.59 Å². The Morgan fingerprint density at radius 2 is 1.68 bits per heavy atom. The van der Waals surface area contributed by atoms with E-state index in [1.807, 2.05) is 0 Å². The van der Waals surface area contributed by atoms with E-state index in [4.69, 9.17) is 32.7 Å². The molecule has 0 radical (unpaired) electrons. The van der Waals surface area contributed by atoms with Gasteiger partial charge in [-0.05, 0) is 87.6 Å². The van der Waals surface area contributed by atoms with Gasteiger partial charge in [-0.15, -0.1) is 11.3 Å². The third-order valence-corrected chi connectivity index (χ3v) is 7.45. The predicted molar refractivity (Wildman–Crippen MR) is 146 cm³/mol. The number of esters is 1. The Kier molecular flexibility index (Phi) is 8.74. The van der Waals surface area contributed by atoms with Crippen molar-refractivity contribution in [1.82, 2.24) is 0 Å². The SMILES string of the molecule is CCOC(=O)c1c(NC(=O)c2ccc(OC(C)C(=O)Nc3cc(Cl)cc(Cl)c3)cc2)sc2c1CCCC2. The predicted octanol–water partition coefficient (Wildman–Crippen LogP) is 6.77. The normalized spacial score (nSPS) is 13.3. The van der Waals surface area contributed by atoms with Crippen molar-refractivity contribution in [2.24, 2.45) is 0 Å². The second kappa shape index (κ2) is 12.0. The highest BCUT2D eigenvalue weighted by atomic mass is 35.5. The quantitative estimate of drug-likeness (QED) is 0.296. The number of amides is 2. The van der Waals surface area contributed by atoms with Crippen LogP contribution >= 0.6 is 34.5 Å². The molecule has 1 unspecified atom stereocenters. The Balaban J connectivity index is 1.41. The van der Waals surface area contributed by atoms with E-state index in [1.54, 1.807) is 56.3 Å². The van der Waals surface area contributed by atoms with Crippen molar-refractivity contribution in [1.29, 1.82) is 0 Å². The zero-order valence-electron chi connectivity index (χ0n) is 20.4. The number of hydrogen-bond donors (Lipinski definition) is 2. The van der Waals surface area contributed by atoms with E-state index in [9.17, 15) is 14.4 Å². The molecule has 1 aromatic heterocycles. The summed E-state index contributed by atoms with van der Waals surface area (Å²) in [7, 11) is 0. The number of benzene rings is 2. The number of hydrogen-bond acceptors (Lipinski definition) is 6. The zero-order chi connectivity index (χ0) is 26.5. The van der Waals surface area contributed by atoms with Crippen molar-refractivity contribution in [3.63, 3.8) is 0 Å². The average Bonchev–Trinajstić information content (AvgIpc) is 3.21. The molecule has 194 valence electrons. The van der Waals surface area contributed by atoms with Crippen LogP contribution in [0.5, 0.6) is 5.75 Å². The number of halogens is 2. The summed E-state index contributed by atoms with van der Waals surface area (Å²) in [6, 6.07) is 11.2. The summed E-state index contributed by atoms with van der Waals surface area (Å²) in [5, 5.41) is 6.93. The van der Waals surface area contributed by atoms with E-state index < -0.39 is 12.1 Å². The fourth-order valence-corrected chi connectivity index (χ4v) is 5.86. The Bertz CT molecular complexity index is 1300. The van der Waals surface area contributed by atoms with Gasteiger partial charge in [0.25, 0.3) is 11.8 Å². The molecule has 1 heterocycles. The first-order chi connectivity index (χ1) is 17.7. The highest BCUT2D eigenvalue weighted by Crippen LogP contribution is 2.39. The molecule has 1 aliphatic carbocycles. The van der Waals surface area contributed by atoms with Crippen LogP contribution in [0, 0.1) is 0 Å². The maximum Gasteiger partial charge on any atom is 0.341 e. The Labute approximate surface area is 229 Å². The summed E-state index contributed by atoms with van der Waals surface area (Å²) in [6.45, 7) is 3.63. The van der Waals surface area contributed by atoms with E-state index in [0.717, 1.165) is 36.1 Å². The highest BCUT2D eigenvalue weighted by molar-refractivity contribution is 7.17. The summed E-state index contributed by atoms with van der Waals surface area (Å²) in [6.07, 6.45) is 2.95. The fraction of sp³-hybridized carbons (Fsp3) is 0.296. The molecule has 0 aliphatic heterocycles. The second-order valence-corrected chi connectivity index (χ2v) is 10.5. The number of anilines is 2. The van der Waals surface area contributed by atoms with Crippen molar-refractivity contribution in [2.45, 2.75) is 45.6 Å². The molecule has 0 spiro atoms. The minimum Gasteiger partial charge on any atom is -0.481 e. The minimum absolute atomic E-state index is 0.265. The second-order valence-electron chi connectivity index (χ2n) is 8.52. The van der Waals surface area contributed by atoms with Gasteiger partial charge in [0, 0.05) is 26.2 Å². The van der Waals surface area contributed by atoms with Crippen LogP contribution in [-0.2, 0) is 22.4 Å². The van der Waals surface area contributed by atoms with Crippen molar-refractivity contribution in [2.75, 3.05) is 17.2 Å². The molecule has 4 rings (SSSR count). The van der Waals surface area contributed by atoms with Crippen LogP contribution in [0.4, 0.5) is 10.7 Å². The van der Waals surface area contributed by atoms with Gasteiger partial charge < -0.3 is 20.1 Å². The van der Waals surface area contributed by atoms with Gasteiger partial charge in [0.1, 0.15) is 10.8 Å². The first-order valence-corrected chi connectivity index (χ1v) is 13.5. The van der Waals surface area contributed by atoms with Crippen molar-refractivity contribution < 1.29 is 23.9 Å². The molecule has 10 heteroatoms. The van der Waals surface area contributed by atoms with Crippen LogP contribution in [0.15, 0.2) is 42.5 Å². The van der Waals surface area contributed by atoms with E-state index >= 15 is 0 Å². The lowest BCUT2D eigenvalue weighted by molar-refractivity contribution is -0.122. The maximum atomic E-state index is 13.0. The smallest absolute Gasteiger partial charge is 0.341 e. The number of thiophene rings is 1. The van der Waals surface area contributed by atoms with Gasteiger partial charge in [-0.25, -0.2) is 4.79 Å². The molecule has 3 aromatic rings. The average molecular weight is 561 g/mol. The van der Waals surface area contributed by atoms with Crippen LogP contribution < -0.4 is 15.4 Å². The Hall–Kier alpha value is -3.07. The molecule has 0 saturated carbocycles. The van der Waals surface area contributed by atoms with Crippen molar-refractivity contribution >= 4 is 63.0 Å². The molecule has 0 saturated heterocycles. The number of carbonyl (C=O) groups excluding carboxylic acids is 3. The van der Waals surface area contributed by atoms with E-state index in [0.29, 0.717) is 37.6 Å². The highest BCUT2D eigenvalue weighted by Gasteiger charge is 2.27. The van der Waals surface area contributed by atoms with Gasteiger partial charge in [0.05, 0.1) is 12.2 Å². The van der Waals surface area contributed by atoms with Gasteiger partial charge in [0.15, 0.2) is 6.10 Å². The van der Waals surface area contributed by atoms with E-state index in [1.165, 1.54) is 11.3 Å². The first kappa shape index (κ1) is 27.0. The molecule has 1 atom stereocenters. The zero-order valence-corrected chi connectivity index (χ0v) is 22.7. The molecule has 0 bridgehead atoms. The molecule has 1 aliphatic rings. The summed E-state index contributed by atoms with van der Waals surface area (Å²) < 4.78 is 11.0. The molecular weight excluding hydrogens is 535 g/mol. The summed E-state index contributed by atoms with van der Waals surface area (Å²) in [5.41, 5.74) is 2.30. The topological polar surface area (TPSA) is 93.7 Å².